The highest BCUT2D eigenvalue weighted by molar-refractivity contribution is 7.22. The van der Waals surface area contributed by atoms with E-state index in [1.54, 1.807) is 4.90 Å². The van der Waals surface area contributed by atoms with Crippen LogP contribution in [-0.2, 0) is 4.79 Å². The van der Waals surface area contributed by atoms with Crippen LogP contribution in [0.25, 0.3) is 10.2 Å². The van der Waals surface area contributed by atoms with Gasteiger partial charge in [-0.15, -0.1) is 0 Å². The quantitative estimate of drug-likeness (QED) is 0.335. The lowest BCUT2D eigenvalue weighted by atomic mass is 9.90. The second kappa shape index (κ2) is 10.2. The fraction of sp³-hybridized carbons (Fsp3) is 0.231. The van der Waals surface area contributed by atoms with Crippen molar-refractivity contribution in [3.8, 4) is 0 Å². The summed E-state index contributed by atoms with van der Waals surface area (Å²) < 4.78 is 28.5. The van der Waals surface area contributed by atoms with Crippen molar-refractivity contribution >= 4 is 32.6 Å². The third-order valence-electron chi connectivity index (χ3n) is 5.40. The molecule has 1 amide bonds. The van der Waals surface area contributed by atoms with E-state index < -0.39 is 17.6 Å². The van der Waals surface area contributed by atoms with E-state index in [0.29, 0.717) is 22.8 Å². The van der Waals surface area contributed by atoms with Crippen LogP contribution in [0.5, 0.6) is 0 Å². The molecule has 0 aliphatic heterocycles. The molecule has 1 aromatic heterocycles. The molecule has 170 valence electrons. The van der Waals surface area contributed by atoms with Crippen LogP contribution in [0, 0.1) is 11.6 Å². The third kappa shape index (κ3) is 5.26. The van der Waals surface area contributed by atoms with Crippen LogP contribution < -0.4 is 4.90 Å². The zero-order valence-corrected chi connectivity index (χ0v) is 19.4. The first kappa shape index (κ1) is 23.0. The van der Waals surface area contributed by atoms with Gasteiger partial charge < -0.3 is 4.90 Å². The van der Waals surface area contributed by atoms with E-state index in [1.165, 1.54) is 6.07 Å². The molecule has 0 saturated heterocycles. The molecule has 0 bridgehead atoms. The van der Waals surface area contributed by atoms with Gasteiger partial charge in [-0.2, -0.15) is 0 Å². The minimum atomic E-state index is -0.726. The molecule has 7 heteroatoms. The van der Waals surface area contributed by atoms with E-state index >= 15 is 0 Å². The molecule has 0 saturated carbocycles. The molecular weight excluding hydrogens is 440 g/mol. The molecule has 0 spiro atoms. The number of rotatable bonds is 8. The Morgan fingerprint density at radius 2 is 1.55 bits per heavy atom. The van der Waals surface area contributed by atoms with E-state index in [1.807, 2.05) is 79.7 Å². The van der Waals surface area contributed by atoms with Crippen LogP contribution in [-0.4, -0.2) is 43.0 Å². The highest BCUT2D eigenvalue weighted by Crippen LogP contribution is 2.35. The van der Waals surface area contributed by atoms with E-state index in [4.69, 9.17) is 0 Å². The summed E-state index contributed by atoms with van der Waals surface area (Å²) in [5.74, 6) is -2.07. The number of aromatic nitrogens is 1. The van der Waals surface area contributed by atoms with Crippen molar-refractivity contribution in [3.05, 3.63) is 95.6 Å². The molecule has 0 unspecified atom stereocenters. The summed E-state index contributed by atoms with van der Waals surface area (Å²) in [6, 6.07) is 21.3. The molecule has 0 aliphatic rings. The zero-order valence-electron chi connectivity index (χ0n) is 18.5. The lowest BCUT2D eigenvalue weighted by molar-refractivity contribution is -0.119. The Hall–Kier alpha value is -3.16. The number of halogens is 2. The Kier molecular flexibility index (Phi) is 7.11. The number of hydrogen-bond acceptors (Lipinski definition) is 4. The first-order valence-electron chi connectivity index (χ1n) is 10.8. The molecule has 0 atom stereocenters. The summed E-state index contributed by atoms with van der Waals surface area (Å²) in [7, 11) is 3.94. The molecule has 3 aromatic carbocycles. The minimum Gasteiger partial charge on any atom is -0.309 e. The average Bonchev–Trinajstić information content (AvgIpc) is 3.22. The number of carbonyl (C=O) groups is 1. The minimum absolute atomic E-state index is 0.0813. The van der Waals surface area contributed by atoms with Gasteiger partial charge in [0, 0.05) is 12.6 Å². The van der Waals surface area contributed by atoms with Gasteiger partial charge in [0.2, 0.25) is 5.91 Å². The lowest BCUT2D eigenvalue weighted by Gasteiger charge is -2.26. The molecule has 4 nitrogen and oxygen atoms in total. The Morgan fingerprint density at radius 3 is 2.12 bits per heavy atom. The van der Waals surface area contributed by atoms with Gasteiger partial charge in [0.25, 0.3) is 0 Å². The van der Waals surface area contributed by atoms with Gasteiger partial charge in [-0.05, 0) is 44.3 Å². The number of hydrogen-bond donors (Lipinski definition) is 0. The van der Waals surface area contributed by atoms with E-state index in [0.717, 1.165) is 35.1 Å². The van der Waals surface area contributed by atoms with Gasteiger partial charge in [0.15, 0.2) is 10.9 Å². The second-order valence-electron chi connectivity index (χ2n) is 8.13. The van der Waals surface area contributed by atoms with Crippen LogP contribution in [0.4, 0.5) is 13.9 Å². The van der Waals surface area contributed by atoms with Crippen LogP contribution in [0.3, 0.4) is 0 Å². The van der Waals surface area contributed by atoms with Crippen LogP contribution in [0.1, 0.15) is 23.5 Å². The molecular formula is C26H25F2N3OS. The maximum absolute atomic E-state index is 14.4. The Bertz CT molecular complexity index is 1190. The third-order valence-corrected chi connectivity index (χ3v) is 6.42. The Labute approximate surface area is 196 Å². The van der Waals surface area contributed by atoms with E-state index in [-0.39, 0.29) is 11.4 Å². The molecule has 0 aliphatic carbocycles. The Morgan fingerprint density at radius 1 is 0.939 bits per heavy atom. The molecule has 0 radical (unpaired) electrons. The van der Waals surface area contributed by atoms with E-state index in [9.17, 15) is 13.6 Å². The summed E-state index contributed by atoms with van der Waals surface area (Å²) in [6.07, 6.45) is 0.710. The number of anilines is 1. The molecule has 0 fully saturated rings. The van der Waals surface area contributed by atoms with Crippen LogP contribution in [0.15, 0.2) is 72.8 Å². The van der Waals surface area contributed by atoms with Crippen molar-refractivity contribution < 1.29 is 13.6 Å². The van der Waals surface area contributed by atoms with Gasteiger partial charge in [-0.1, -0.05) is 72.0 Å². The predicted molar refractivity (Wildman–Crippen MR) is 130 cm³/mol. The number of benzene rings is 3. The van der Waals surface area contributed by atoms with Crippen molar-refractivity contribution in [3.63, 3.8) is 0 Å². The highest BCUT2D eigenvalue weighted by Gasteiger charge is 2.30. The standard InChI is InChI=1S/C26H25F2N3OS/c1-30(2)14-9-15-31(26-29-24-21(28)16-20(27)17-22(24)33-26)25(32)23(18-10-5-3-6-11-18)19-12-7-4-8-13-19/h3-8,10-13,16-17,23H,9,14-15H2,1-2H3. The van der Waals surface area contributed by atoms with Gasteiger partial charge in [-0.3, -0.25) is 9.69 Å². The van der Waals surface area contributed by atoms with Crippen molar-refractivity contribution in [2.24, 2.45) is 0 Å². The topological polar surface area (TPSA) is 36.4 Å². The fourth-order valence-corrected chi connectivity index (χ4v) is 4.87. The summed E-state index contributed by atoms with van der Waals surface area (Å²) in [6.45, 7) is 1.19. The number of thiazole rings is 1. The van der Waals surface area contributed by atoms with Crippen molar-refractivity contribution in [2.45, 2.75) is 12.3 Å². The number of fused-ring (bicyclic) bond motifs is 1. The molecule has 1 heterocycles. The van der Waals surface area contributed by atoms with Gasteiger partial charge in [0.05, 0.1) is 10.6 Å². The van der Waals surface area contributed by atoms with Crippen LogP contribution >= 0.6 is 11.3 Å². The predicted octanol–water partition coefficient (Wildman–Crippen LogP) is 5.69. The van der Waals surface area contributed by atoms with Crippen molar-refractivity contribution in [1.29, 1.82) is 0 Å². The monoisotopic (exact) mass is 465 g/mol. The number of amides is 1. The summed E-state index contributed by atoms with van der Waals surface area (Å²) >= 11 is 1.13. The first-order valence-corrected chi connectivity index (χ1v) is 11.6. The van der Waals surface area contributed by atoms with Gasteiger partial charge in [0.1, 0.15) is 11.3 Å². The molecule has 0 N–H and O–H groups in total. The SMILES string of the molecule is CN(C)CCCN(C(=O)C(c1ccccc1)c1ccccc1)c1nc2c(F)cc(F)cc2s1. The summed E-state index contributed by atoms with van der Waals surface area (Å²) in [5, 5.41) is 0.370. The first-order chi connectivity index (χ1) is 15.9. The molecule has 4 aromatic rings. The molecule has 33 heavy (non-hydrogen) atoms. The zero-order chi connectivity index (χ0) is 23.4. The summed E-state index contributed by atoms with van der Waals surface area (Å²) in [4.78, 5) is 22.1. The summed E-state index contributed by atoms with van der Waals surface area (Å²) in [5.41, 5.74) is 1.81. The van der Waals surface area contributed by atoms with Crippen molar-refractivity contribution in [1.82, 2.24) is 9.88 Å². The Balaban J connectivity index is 1.78. The van der Waals surface area contributed by atoms with Crippen molar-refractivity contribution in [2.75, 3.05) is 32.1 Å². The highest BCUT2D eigenvalue weighted by atomic mass is 32.1. The fourth-order valence-electron chi connectivity index (χ4n) is 3.83. The second-order valence-corrected chi connectivity index (χ2v) is 9.14. The number of carbonyl (C=O) groups excluding carboxylic acids is 1. The maximum atomic E-state index is 14.4. The van der Waals surface area contributed by atoms with E-state index in [2.05, 4.69) is 4.98 Å². The lowest BCUT2D eigenvalue weighted by Crippen LogP contribution is -2.37. The number of nitrogens with zero attached hydrogens (tertiary/aromatic N) is 3. The van der Waals surface area contributed by atoms with Gasteiger partial charge >= 0.3 is 0 Å². The molecule has 4 rings (SSSR count). The largest absolute Gasteiger partial charge is 0.309 e. The average molecular weight is 466 g/mol. The normalized spacial score (nSPS) is 11.5. The van der Waals surface area contributed by atoms with Crippen LogP contribution in [0.2, 0.25) is 0 Å². The smallest absolute Gasteiger partial charge is 0.240 e. The maximum Gasteiger partial charge on any atom is 0.240 e. The van der Waals surface area contributed by atoms with Gasteiger partial charge in [-0.25, -0.2) is 13.8 Å².